The smallest absolute Gasteiger partial charge is 0.282 e. The highest BCUT2D eigenvalue weighted by molar-refractivity contribution is 7.91. The van der Waals surface area contributed by atoms with Crippen molar-refractivity contribution in [2.45, 2.75) is 26.2 Å². The van der Waals surface area contributed by atoms with Crippen LogP contribution in [0.25, 0.3) is 0 Å². The summed E-state index contributed by atoms with van der Waals surface area (Å²) in [5, 5.41) is 10.1. The number of sulfone groups is 1. The zero-order valence-corrected chi connectivity index (χ0v) is 19.7. The SMILES string of the molecule is CCP(=O)(OC(C)S(C)(=O)=O)c1cc(Oc2c(F)c(F)c(C)c(F)c2Cl)ccc1[N+](=O)[O-]. The molecule has 0 N–H and O–H groups in total. The van der Waals surface area contributed by atoms with Crippen LogP contribution < -0.4 is 10.0 Å². The van der Waals surface area contributed by atoms with E-state index in [1.807, 2.05) is 0 Å². The summed E-state index contributed by atoms with van der Waals surface area (Å²) in [6.45, 7) is 3.43. The molecule has 32 heavy (non-hydrogen) atoms. The summed E-state index contributed by atoms with van der Waals surface area (Å²) in [5.74, 6) is -5.85. The highest BCUT2D eigenvalue weighted by Crippen LogP contribution is 2.50. The second-order valence-corrected chi connectivity index (χ2v) is 12.1. The minimum absolute atomic E-state index is 0.333. The zero-order valence-electron chi connectivity index (χ0n) is 17.2. The second kappa shape index (κ2) is 9.38. The van der Waals surface area contributed by atoms with Crippen molar-refractivity contribution in [1.29, 1.82) is 0 Å². The first-order valence-corrected chi connectivity index (χ1v) is 13.0. The van der Waals surface area contributed by atoms with E-state index in [9.17, 15) is 36.3 Å². The molecule has 0 aliphatic rings. The van der Waals surface area contributed by atoms with Crippen LogP contribution in [0.1, 0.15) is 19.4 Å². The highest BCUT2D eigenvalue weighted by atomic mass is 35.5. The van der Waals surface area contributed by atoms with Crippen LogP contribution in [0.2, 0.25) is 5.02 Å². The minimum atomic E-state index is -4.15. The maximum atomic E-state index is 14.3. The van der Waals surface area contributed by atoms with Crippen molar-refractivity contribution in [3.8, 4) is 11.5 Å². The number of ether oxygens (including phenoxy) is 1. The Morgan fingerprint density at radius 2 is 1.81 bits per heavy atom. The Hall–Kier alpha value is -2.14. The Kier molecular flexibility index (Phi) is 7.66. The molecule has 8 nitrogen and oxygen atoms in total. The van der Waals surface area contributed by atoms with Gasteiger partial charge in [0.15, 0.2) is 32.7 Å². The molecule has 0 aliphatic heterocycles. The lowest BCUT2D eigenvalue weighted by Crippen LogP contribution is -2.23. The fourth-order valence-electron chi connectivity index (χ4n) is 2.54. The van der Waals surface area contributed by atoms with Gasteiger partial charge < -0.3 is 9.26 Å². The van der Waals surface area contributed by atoms with Gasteiger partial charge in [-0.15, -0.1) is 0 Å². The average molecular weight is 516 g/mol. The van der Waals surface area contributed by atoms with E-state index >= 15 is 0 Å². The molecular formula is C18H18ClF3NO7PS. The monoisotopic (exact) mass is 515 g/mol. The normalized spacial score (nSPS) is 14.6. The van der Waals surface area contributed by atoms with Gasteiger partial charge in [0.1, 0.15) is 16.1 Å². The highest BCUT2D eigenvalue weighted by Gasteiger charge is 2.36. The molecule has 2 rings (SSSR count). The van der Waals surface area contributed by atoms with E-state index in [4.69, 9.17) is 20.9 Å². The van der Waals surface area contributed by atoms with Crippen LogP contribution in [-0.2, 0) is 18.9 Å². The Bertz CT molecular complexity index is 1210. The number of benzene rings is 2. The van der Waals surface area contributed by atoms with Crippen molar-refractivity contribution in [3.63, 3.8) is 0 Å². The zero-order chi connectivity index (χ0) is 24.6. The number of nitro groups is 1. The number of rotatable bonds is 8. The Balaban J connectivity index is 2.66. The van der Waals surface area contributed by atoms with Crippen molar-refractivity contribution in [2.24, 2.45) is 0 Å². The molecule has 0 aromatic heterocycles. The lowest BCUT2D eigenvalue weighted by atomic mass is 10.2. The molecule has 0 bridgehead atoms. The number of nitrogens with zero attached hydrogens (tertiary/aromatic N) is 1. The summed E-state index contributed by atoms with van der Waals surface area (Å²) in [6.07, 6.45) is 0.497. The second-order valence-electron chi connectivity index (χ2n) is 6.71. The average Bonchev–Trinajstić information content (AvgIpc) is 2.72. The van der Waals surface area contributed by atoms with Crippen LogP contribution in [0, 0.1) is 34.5 Å². The van der Waals surface area contributed by atoms with Crippen molar-refractivity contribution in [1.82, 2.24) is 0 Å². The van der Waals surface area contributed by atoms with Gasteiger partial charge in [-0.2, -0.15) is 4.39 Å². The molecular weight excluding hydrogens is 498 g/mol. The lowest BCUT2D eigenvalue weighted by Gasteiger charge is -2.21. The van der Waals surface area contributed by atoms with Gasteiger partial charge in [-0.1, -0.05) is 18.5 Å². The van der Waals surface area contributed by atoms with Crippen LogP contribution in [0.4, 0.5) is 18.9 Å². The van der Waals surface area contributed by atoms with E-state index in [1.54, 1.807) is 0 Å². The quantitative estimate of drug-likeness (QED) is 0.208. The maximum absolute atomic E-state index is 14.3. The summed E-state index contributed by atoms with van der Waals surface area (Å²) in [6, 6.07) is 2.67. The van der Waals surface area contributed by atoms with Gasteiger partial charge >= 0.3 is 0 Å². The van der Waals surface area contributed by atoms with Crippen LogP contribution in [0.15, 0.2) is 18.2 Å². The predicted molar refractivity (Wildman–Crippen MR) is 112 cm³/mol. The van der Waals surface area contributed by atoms with Gasteiger partial charge in [-0.25, -0.2) is 17.2 Å². The van der Waals surface area contributed by atoms with Gasteiger partial charge in [-0.3, -0.25) is 14.7 Å². The van der Waals surface area contributed by atoms with Gasteiger partial charge in [0.05, 0.1) is 4.92 Å². The molecule has 2 unspecified atom stereocenters. The van der Waals surface area contributed by atoms with Crippen LogP contribution in [-0.4, -0.2) is 31.2 Å². The van der Waals surface area contributed by atoms with Gasteiger partial charge in [0.25, 0.3) is 5.69 Å². The topological polar surface area (TPSA) is 113 Å². The molecule has 0 aliphatic carbocycles. The van der Waals surface area contributed by atoms with E-state index in [-0.39, 0.29) is 6.16 Å². The molecule has 14 heteroatoms. The van der Waals surface area contributed by atoms with Gasteiger partial charge in [-0.05, 0) is 19.9 Å². The molecule has 0 saturated carbocycles. The van der Waals surface area contributed by atoms with E-state index < -0.39 is 78.1 Å². The van der Waals surface area contributed by atoms with Gasteiger partial charge in [0, 0.05) is 30.1 Å². The Morgan fingerprint density at radius 1 is 1.22 bits per heavy atom. The number of nitro benzene ring substituents is 1. The molecule has 2 aromatic carbocycles. The van der Waals surface area contributed by atoms with E-state index in [2.05, 4.69) is 0 Å². The standard InChI is InChI=1S/C18H18ClF3NO7PS/c1-5-31(26,30-10(3)32(4,27)28)13-8-11(6-7-12(13)23(24)25)29-18-14(19)15(20)9(2)16(21)17(18)22/h6-8,10H,5H2,1-4H3. The first-order valence-electron chi connectivity index (χ1n) is 8.89. The summed E-state index contributed by atoms with van der Waals surface area (Å²) < 4.78 is 89.5. The van der Waals surface area contributed by atoms with Crippen LogP contribution in [0.5, 0.6) is 11.5 Å². The van der Waals surface area contributed by atoms with Crippen molar-refractivity contribution in [3.05, 3.63) is 56.4 Å². The third-order valence-corrected chi connectivity index (χ3v) is 8.88. The summed E-state index contributed by atoms with van der Waals surface area (Å²) in [5.41, 5.74) is -2.93. The Morgan fingerprint density at radius 3 is 2.31 bits per heavy atom. The van der Waals surface area contributed by atoms with Crippen molar-refractivity contribution < 1.29 is 40.3 Å². The van der Waals surface area contributed by atoms with Crippen molar-refractivity contribution in [2.75, 3.05) is 12.4 Å². The van der Waals surface area contributed by atoms with E-state index in [1.165, 1.54) is 6.92 Å². The van der Waals surface area contributed by atoms with Crippen LogP contribution in [0.3, 0.4) is 0 Å². The molecule has 0 fully saturated rings. The fraction of sp³-hybridized carbons (Fsp3) is 0.333. The molecule has 0 heterocycles. The minimum Gasteiger partial charge on any atom is -0.452 e. The predicted octanol–water partition coefficient (Wildman–Crippen LogP) is 5.10. The molecule has 176 valence electrons. The van der Waals surface area contributed by atoms with Gasteiger partial charge in [0.2, 0.25) is 13.2 Å². The summed E-state index contributed by atoms with van der Waals surface area (Å²) in [4.78, 5) is 10.6. The van der Waals surface area contributed by atoms with E-state index in [0.29, 0.717) is 0 Å². The Labute approximate surface area is 186 Å². The van der Waals surface area contributed by atoms with Crippen molar-refractivity contribution >= 4 is 39.8 Å². The largest absolute Gasteiger partial charge is 0.452 e. The first kappa shape index (κ1) is 26.1. The summed E-state index contributed by atoms with van der Waals surface area (Å²) >= 11 is 5.72. The number of halogens is 4. The van der Waals surface area contributed by atoms with Crippen LogP contribution >= 0.6 is 19.0 Å². The summed E-state index contributed by atoms with van der Waals surface area (Å²) in [7, 11) is -7.97. The lowest BCUT2D eigenvalue weighted by molar-refractivity contribution is -0.383. The third kappa shape index (κ3) is 5.09. The molecule has 2 atom stereocenters. The number of hydrogen-bond acceptors (Lipinski definition) is 7. The third-order valence-electron chi connectivity index (χ3n) is 4.51. The first-order chi connectivity index (χ1) is 14.6. The molecule has 0 amide bonds. The maximum Gasteiger partial charge on any atom is 0.282 e. The van der Waals surface area contributed by atoms with E-state index in [0.717, 1.165) is 38.3 Å². The molecule has 0 saturated heterocycles. The fourth-order valence-corrected chi connectivity index (χ4v) is 5.76. The molecule has 0 spiro atoms. The molecule has 2 aromatic rings. The molecule has 0 radical (unpaired) electrons. The number of hydrogen-bond donors (Lipinski definition) is 0.